The molecular weight excluding hydrogens is 533 g/mol. The van der Waals surface area contributed by atoms with Gasteiger partial charge in [0.15, 0.2) is 10.1 Å². The molecule has 0 fully saturated rings. The van der Waals surface area contributed by atoms with E-state index in [2.05, 4.69) is 47.5 Å². The summed E-state index contributed by atoms with van der Waals surface area (Å²) in [7, 11) is 0. The fourth-order valence-corrected chi connectivity index (χ4v) is 6.89. The first-order valence-electron chi connectivity index (χ1n) is 11.3. The maximum Gasteiger partial charge on any atom is 0.219 e. The Labute approximate surface area is 227 Å². The lowest BCUT2D eigenvalue weighted by Gasteiger charge is -2.38. The predicted octanol–water partition coefficient (Wildman–Crippen LogP) is 6.75. The first kappa shape index (κ1) is 24.8. The molecule has 182 valence electrons. The number of ketones is 1. The Morgan fingerprint density at radius 1 is 1.19 bits per heavy atom. The largest absolute Gasteiger partial charge is 0.384 e. The normalized spacial score (nSPS) is 17.9. The Morgan fingerprint density at radius 3 is 2.69 bits per heavy atom. The highest BCUT2D eigenvalue weighted by Gasteiger charge is 2.42. The number of hydrogen-bond donors (Lipinski definition) is 1. The molecule has 0 amide bonds. The van der Waals surface area contributed by atoms with E-state index in [0.29, 0.717) is 45.6 Å². The molecule has 2 heterocycles. The maximum absolute atomic E-state index is 13.3. The van der Waals surface area contributed by atoms with Gasteiger partial charge >= 0.3 is 0 Å². The number of Topliss-reactive ketones (excluding diaryl/α,β-unsaturated/α-hetero) is 1. The summed E-state index contributed by atoms with van der Waals surface area (Å²) in [5.41, 5.74) is 11.2. The molecule has 0 spiro atoms. The standard InChI is InChI=1S/C26H21Cl2N5OS2/c1-14-5-7-15(8-6-14)13-35-26-32-31-25(36-26)33-20-3-2-4-21(34)23(20)22(18(12-29)24(33)30)17-10-9-16(27)11-19(17)28/h5-11,22H,2-4,13,30H2,1H3. The van der Waals surface area contributed by atoms with Gasteiger partial charge < -0.3 is 5.73 Å². The van der Waals surface area contributed by atoms with Gasteiger partial charge in [0.05, 0.1) is 17.6 Å². The molecule has 1 atom stereocenters. The zero-order chi connectivity index (χ0) is 25.4. The van der Waals surface area contributed by atoms with Crippen molar-refractivity contribution < 1.29 is 4.79 Å². The van der Waals surface area contributed by atoms with Crippen molar-refractivity contribution in [3.8, 4) is 6.07 Å². The number of rotatable bonds is 5. The van der Waals surface area contributed by atoms with Crippen LogP contribution in [-0.2, 0) is 10.5 Å². The van der Waals surface area contributed by atoms with Crippen molar-refractivity contribution in [2.45, 2.75) is 42.2 Å². The van der Waals surface area contributed by atoms with Gasteiger partial charge in [-0.2, -0.15) is 5.26 Å². The van der Waals surface area contributed by atoms with Crippen LogP contribution in [0.5, 0.6) is 0 Å². The van der Waals surface area contributed by atoms with E-state index >= 15 is 0 Å². The second-order valence-electron chi connectivity index (χ2n) is 8.61. The van der Waals surface area contributed by atoms with E-state index in [9.17, 15) is 10.1 Å². The van der Waals surface area contributed by atoms with Crippen molar-refractivity contribution in [3.05, 3.63) is 91.9 Å². The zero-order valence-corrected chi connectivity index (χ0v) is 22.4. The molecule has 1 unspecified atom stereocenters. The molecule has 0 saturated heterocycles. The molecule has 1 aliphatic carbocycles. The quantitative estimate of drug-likeness (QED) is 0.349. The minimum Gasteiger partial charge on any atom is -0.384 e. The molecule has 2 aromatic carbocycles. The number of nitrogens with zero attached hydrogens (tertiary/aromatic N) is 4. The number of benzene rings is 2. The summed E-state index contributed by atoms with van der Waals surface area (Å²) in [6.07, 6.45) is 1.73. The van der Waals surface area contributed by atoms with Crippen LogP contribution in [0.4, 0.5) is 5.13 Å². The summed E-state index contributed by atoms with van der Waals surface area (Å²) >= 11 is 15.6. The summed E-state index contributed by atoms with van der Waals surface area (Å²) in [6, 6.07) is 15.7. The van der Waals surface area contributed by atoms with Gasteiger partial charge in [-0.15, -0.1) is 10.2 Å². The van der Waals surface area contributed by atoms with Gasteiger partial charge in [-0.05, 0) is 43.0 Å². The third kappa shape index (κ3) is 4.64. The summed E-state index contributed by atoms with van der Waals surface area (Å²) < 4.78 is 0.782. The number of anilines is 1. The van der Waals surface area contributed by atoms with Crippen molar-refractivity contribution in [3.63, 3.8) is 0 Å². The van der Waals surface area contributed by atoms with E-state index in [1.165, 1.54) is 22.5 Å². The number of carbonyl (C=O) groups is 1. The Bertz CT molecular complexity index is 1460. The number of carbonyl (C=O) groups excluding carboxylic acids is 1. The van der Waals surface area contributed by atoms with Crippen LogP contribution in [0.25, 0.3) is 0 Å². The van der Waals surface area contributed by atoms with E-state index in [0.717, 1.165) is 15.8 Å². The fraction of sp³-hybridized carbons (Fsp3) is 0.231. The summed E-state index contributed by atoms with van der Waals surface area (Å²) in [6.45, 7) is 2.06. The highest BCUT2D eigenvalue weighted by Crippen LogP contribution is 2.48. The van der Waals surface area contributed by atoms with Crippen LogP contribution in [0.2, 0.25) is 10.0 Å². The lowest BCUT2D eigenvalue weighted by atomic mass is 9.76. The topological polar surface area (TPSA) is 95.9 Å². The van der Waals surface area contributed by atoms with Crippen molar-refractivity contribution in [2.24, 2.45) is 5.73 Å². The van der Waals surface area contributed by atoms with Gasteiger partial charge in [0.2, 0.25) is 5.13 Å². The minimum atomic E-state index is -0.651. The molecule has 3 aromatic rings. The summed E-state index contributed by atoms with van der Waals surface area (Å²) in [5.74, 6) is 0.332. The number of aromatic nitrogens is 2. The van der Waals surface area contributed by atoms with Crippen LogP contribution >= 0.6 is 46.3 Å². The molecule has 6 nitrogen and oxygen atoms in total. The van der Waals surface area contributed by atoms with Gasteiger partial charge in [0.1, 0.15) is 5.82 Å². The monoisotopic (exact) mass is 553 g/mol. The van der Waals surface area contributed by atoms with Crippen LogP contribution in [0.15, 0.2) is 69.5 Å². The Morgan fingerprint density at radius 2 is 1.97 bits per heavy atom. The molecule has 0 saturated carbocycles. The molecule has 1 aromatic heterocycles. The van der Waals surface area contributed by atoms with E-state index in [1.54, 1.807) is 34.9 Å². The third-order valence-corrected chi connectivity index (χ3v) is 8.93. The van der Waals surface area contributed by atoms with Gasteiger partial charge in [0, 0.05) is 33.5 Å². The Balaban J connectivity index is 1.53. The van der Waals surface area contributed by atoms with E-state index < -0.39 is 5.92 Å². The number of halogens is 2. The van der Waals surface area contributed by atoms with Crippen LogP contribution in [-0.4, -0.2) is 16.0 Å². The first-order valence-corrected chi connectivity index (χ1v) is 13.9. The zero-order valence-electron chi connectivity index (χ0n) is 19.3. The predicted molar refractivity (Wildman–Crippen MR) is 145 cm³/mol. The maximum atomic E-state index is 13.3. The van der Waals surface area contributed by atoms with Crippen LogP contribution in [0, 0.1) is 18.3 Å². The highest BCUT2D eigenvalue weighted by molar-refractivity contribution is 8.00. The lowest BCUT2D eigenvalue weighted by molar-refractivity contribution is -0.116. The van der Waals surface area contributed by atoms with Crippen molar-refractivity contribution >= 4 is 57.2 Å². The number of aryl methyl sites for hydroxylation is 1. The molecule has 1 aliphatic heterocycles. The average molecular weight is 555 g/mol. The van der Waals surface area contributed by atoms with Crippen molar-refractivity contribution in [1.29, 1.82) is 5.26 Å². The van der Waals surface area contributed by atoms with Gasteiger partial charge in [-0.25, -0.2) is 0 Å². The third-order valence-electron chi connectivity index (χ3n) is 6.26. The smallest absolute Gasteiger partial charge is 0.219 e. The summed E-state index contributed by atoms with van der Waals surface area (Å²) in [5, 5.41) is 20.3. The molecule has 5 rings (SSSR count). The second kappa shape index (κ2) is 10.3. The molecular formula is C26H21Cl2N5OS2. The van der Waals surface area contributed by atoms with E-state index in [4.69, 9.17) is 28.9 Å². The fourth-order valence-electron chi connectivity index (χ4n) is 4.53. The minimum absolute atomic E-state index is 0.0176. The number of thioether (sulfide) groups is 1. The van der Waals surface area contributed by atoms with Crippen LogP contribution in [0.1, 0.15) is 41.9 Å². The van der Waals surface area contributed by atoms with E-state index in [-0.39, 0.29) is 17.2 Å². The first-order chi connectivity index (χ1) is 17.4. The molecule has 0 bridgehead atoms. The molecule has 2 N–H and O–H groups in total. The Kier molecular flexibility index (Phi) is 7.09. The lowest BCUT2D eigenvalue weighted by Crippen LogP contribution is -2.38. The van der Waals surface area contributed by atoms with Gasteiger partial charge in [-0.3, -0.25) is 9.69 Å². The second-order valence-corrected chi connectivity index (χ2v) is 11.6. The average Bonchev–Trinajstić information content (AvgIpc) is 3.32. The molecule has 36 heavy (non-hydrogen) atoms. The number of hydrogen-bond acceptors (Lipinski definition) is 8. The number of allylic oxidation sites excluding steroid dienone is 3. The summed E-state index contributed by atoms with van der Waals surface area (Å²) in [4.78, 5) is 15.0. The molecule has 10 heteroatoms. The highest BCUT2D eigenvalue weighted by atomic mass is 35.5. The number of nitriles is 1. The SMILES string of the molecule is Cc1ccc(CSc2nnc(N3C(N)=C(C#N)C(c4ccc(Cl)cc4Cl)C4=C3CCCC4=O)s2)cc1. The van der Waals surface area contributed by atoms with Crippen molar-refractivity contribution in [2.75, 3.05) is 4.90 Å². The molecule has 0 radical (unpaired) electrons. The van der Waals surface area contributed by atoms with Crippen LogP contribution in [0.3, 0.4) is 0 Å². The van der Waals surface area contributed by atoms with Crippen molar-refractivity contribution in [1.82, 2.24) is 10.2 Å². The van der Waals surface area contributed by atoms with Gasteiger partial charge in [-0.1, -0.05) is 82.2 Å². The Hall–Kier alpha value is -2.83. The van der Waals surface area contributed by atoms with Gasteiger partial charge in [0.25, 0.3) is 0 Å². The van der Waals surface area contributed by atoms with E-state index in [1.807, 2.05) is 0 Å². The molecule has 2 aliphatic rings. The number of nitrogens with two attached hydrogens (primary N) is 1. The van der Waals surface area contributed by atoms with Crippen LogP contribution < -0.4 is 10.6 Å².